The molecule has 10 nitrogen and oxygen atoms in total. The summed E-state index contributed by atoms with van der Waals surface area (Å²) in [4.78, 5) is 48.0. The van der Waals surface area contributed by atoms with Crippen LogP contribution in [0, 0.1) is 0 Å². The summed E-state index contributed by atoms with van der Waals surface area (Å²) in [6.07, 6.45) is -0.0251. The first-order valence-corrected chi connectivity index (χ1v) is 10.2. The molecule has 166 valence electrons. The first-order chi connectivity index (χ1) is 14.1. The lowest BCUT2D eigenvalue weighted by molar-refractivity contribution is -0.142. The molecular formula is C18H26N4O6S2. The monoisotopic (exact) mass is 458 g/mol. The number of carboxylic acid groups (broad SMARTS) is 1. The van der Waals surface area contributed by atoms with E-state index in [1.165, 1.54) is 31.2 Å². The second-order valence-electron chi connectivity index (χ2n) is 6.53. The fourth-order valence-corrected chi connectivity index (χ4v) is 2.72. The van der Waals surface area contributed by atoms with Crippen molar-refractivity contribution in [1.29, 1.82) is 0 Å². The molecule has 3 amide bonds. The Kier molecular flexibility index (Phi) is 10.5. The third kappa shape index (κ3) is 8.13. The number of carbonyl (C=O) groups excluding carboxylic acids is 3. The van der Waals surface area contributed by atoms with Gasteiger partial charge < -0.3 is 31.9 Å². The van der Waals surface area contributed by atoms with Gasteiger partial charge in [-0.15, -0.1) is 0 Å². The fourth-order valence-electron chi connectivity index (χ4n) is 2.30. The lowest BCUT2D eigenvalue weighted by atomic mass is 10.1. The minimum Gasteiger partial charge on any atom is -0.508 e. The molecule has 4 unspecified atom stereocenters. The molecule has 0 aliphatic carbocycles. The summed E-state index contributed by atoms with van der Waals surface area (Å²) in [6, 6.07) is 1.64. The van der Waals surface area contributed by atoms with E-state index in [4.69, 9.17) is 5.73 Å². The van der Waals surface area contributed by atoms with E-state index in [2.05, 4.69) is 41.2 Å². The Morgan fingerprint density at radius 3 is 2.00 bits per heavy atom. The number of thiol groups is 2. The molecule has 30 heavy (non-hydrogen) atoms. The number of carbonyl (C=O) groups is 4. The van der Waals surface area contributed by atoms with Gasteiger partial charge in [-0.25, -0.2) is 4.79 Å². The molecule has 0 saturated heterocycles. The molecule has 0 saturated carbocycles. The molecule has 0 heterocycles. The highest BCUT2D eigenvalue weighted by molar-refractivity contribution is 7.80. The molecule has 1 aromatic carbocycles. The average Bonchev–Trinajstić information content (AvgIpc) is 2.71. The van der Waals surface area contributed by atoms with Crippen LogP contribution in [-0.2, 0) is 25.6 Å². The van der Waals surface area contributed by atoms with Crippen molar-refractivity contribution in [3.05, 3.63) is 29.8 Å². The number of amides is 3. The first kappa shape index (κ1) is 25.6. The van der Waals surface area contributed by atoms with Gasteiger partial charge in [0.25, 0.3) is 0 Å². The van der Waals surface area contributed by atoms with E-state index in [9.17, 15) is 29.4 Å². The quantitative estimate of drug-likeness (QED) is 0.190. The smallest absolute Gasteiger partial charge is 0.326 e. The van der Waals surface area contributed by atoms with Crippen LogP contribution in [0.2, 0.25) is 0 Å². The maximum absolute atomic E-state index is 12.5. The van der Waals surface area contributed by atoms with Gasteiger partial charge in [0.15, 0.2) is 0 Å². The van der Waals surface area contributed by atoms with Gasteiger partial charge in [-0.2, -0.15) is 25.3 Å². The van der Waals surface area contributed by atoms with Crippen molar-refractivity contribution in [1.82, 2.24) is 16.0 Å². The maximum atomic E-state index is 12.5. The van der Waals surface area contributed by atoms with Crippen LogP contribution in [0.4, 0.5) is 0 Å². The summed E-state index contributed by atoms with van der Waals surface area (Å²) < 4.78 is 0. The van der Waals surface area contributed by atoms with Crippen LogP contribution in [-0.4, -0.2) is 69.6 Å². The maximum Gasteiger partial charge on any atom is 0.326 e. The number of aliphatic carboxylic acids is 1. The van der Waals surface area contributed by atoms with Gasteiger partial charge in [0.05, 0.1) is 6.04 Å². The van der Waals surface area contributed by atoms with Gasteiger partial charge in [-0.1, -0.05) is 12.1 Å². The number of phenolic OH excluding ortho intramolecular Hbond substituents is 1. The first-order valence-electron chi connectivity index (χ1n) is 8.98. The van der Waals surface area contributed by atoms with E-state index >= 15 is 0 Å². The van der Waals surface area contributed by atoms with Gasteiger partial charge in [-0.3, -0.25) is 14.4 Å². The average molecular weight is 459 g/mol. The largest absolute Gasteiger partial charge is 0.508 e. The van der Waals surface area contributed by atoms with Crippen LogP contribution in [0.3, 0.4) is 0 Å². The number of benzene rings is 1. The van der Waals surface area contributed by atoms with Crippen molar-refractivity contribution < 1.29 is 29.4 Å². The van der Waals surface area contributed by atoms with Crippen LogP contribution in [0.5, 0.6) is 5.75 Å². The van der Waals surface area contributed by atoms with Gasteiger partial charge in [0.2, 0.25) is 17.7 Å². The van der Waals surface area contributed by atoms with Crippen molar-refractivity contribution in [2.75, 3.05) is 11.5 Å². The number of nitrogens with two attached hydrogens (primary N) is 1. The fraction of sp³-hybridized carbons (Fsp3) is 0.444. The minimum atomic E-state index is -1.26. The minimum absolute atomic E-state index is 0.0251. The molecule has 0 spiro atoms. The standard InChI is InChI=1S/C18H26N4O6S2/c1-9(20-16(25)12(19)7-29)15(24)22-14(8-30)17(26)21-13(18(27)28)6-10-2-4-11(23)5-3-10/h2-5,9,12-14,23,29-30H,6-8,19H2,1H3,(H,20,25)(H,21,26)(H,22,24)(H,27,28). The van der Waals surface area contributed by atoms with Gasteiger partial charge in [0.1, 0.15) is 23.9 Å². The second kappa shape index (κ2) is 12.3. The number of phenols is 1. The SMILES string of the molecule is CC(NC(=O)C(N)CS)C(=O)NC(CS)C(=O)NC(Cc1ccc(O)cc1)C(=O)O. The Morgan fingerprint density at radius 1 is 0.933 bits per heavy atom. The molecule has 1 rings (SSSR count). The van der Waals surface area contributed by atoms with E-state index in [0.717, 1.165) is 0 Å². The number of nitrogens with one attached hydrogen (secondary N) is 3. The summed E-state index contributed by atoms with van der Waals surface area (Å²) in [5.41, 5.74) is 6.12. The number of rotatable bonds is 11. The van der Waals surface area contributed by atoms with Crippen LogP contribution < -0.4 is 21.7 Å². The van der Waals surface area contributed by atoms with Crippen LogP contribution in [0.25, 0.3) is 0 Å². The zero-order valence-electron chi connectivity index (χ0n) is 16.2. The summed E-state index contributed by atoms with van der Waals surface area (Å²) in [5.74, 6) is -3.20. The van der Waals surface area contributed by atoms with E-state index in [1.54, 1.807) is 0 Å². The van der Waals surface area contributed by atoms with Crippen LogP contribution in [0.15, 0.2) is 24.3 Å². The highest BCUT2D eigenvalue weighted by atomic mass is 32.1. The number of hydrogen-bond acceptors (Lipinski definition) is 8. The number of hydrogen-bond donors (Lipinski definition) is 8. The van der Waals surface area contributed by atoms with Gasteiger partial charge in [-0.05, 0) is 24.6 Å². The molecule has 1 aromatic rings. The Hall–Kier alpha value is -2.44. The topological polar surface area (TPSA) is 171 Å². The second-order valence-corrected chi connectivity index (χ2v) is 7.26. The zero-order chi connectivity index (χ0) is 22.8. The zero-order valence-corrected chi connectivity index (χ0v) is 18.0. The number of aromatic hydroxyl groups is 1. The lowest BCUT2D eigenvalue weighted by Gasteiger charge is -2.22. The van der Waals surface area contributed by atoms with E-state index < -0.39 is 47.9 Å². The molecular weight excluding hydrogens is 432 g/mol. The van der Waals surface area contributed by atoms with E-state index in [-0.39, 0.29) is 23.7 Å². The molecule has 0 bridgehead atoms. The summed E-state index contributed by atoms with van der Waals surface area (Å²) >= 11 is 7.94. The van der Waals surface area contributed by atoms with Crippen LogP contribution >= 0.6 is 25.3 Å². The molecule has 4 atom stereocenters. The van der Waals surface area contributed by atoms with Gasteiger partial charge in [0, 0.05) is 17.9 Å². The molecule has 7 N–H and O–H groups in total. The Balaban J connectivity index is 2.72. The predicted octanol–water partition coefficient (Wildman–Crippen LogP) is -1.32. The van der Waals surface area contributed by atoms with Gasteiger partial charge >= 0.3 is 5.97 Å². The molecule has 0 radical (unpaired) electrons. The van der Waals surface area contributed by atoms with E-state index in [0.29, 0.717) is 5.56 Å². The highest BCUT2D eigenvalue weighted by Gasteiger charge is 2.28. The number of carboxylic acids is 1. The summed E-state index contributed by atoms with van der Waals surface area (Å²) in [7, 11) is 0. The summed E-state index contributed by atoms with van der Waals surface area (Å²) in [6.45, 7) is 1.41. The lowest BCUT2D eigenvalue weighted by Crippen LogP contribution is -2.57. The highest BCUT2D eigenvalue weighted by Crippen LogP contribution is 2.11. The molecule has 0 aliphatic heterocycles. The Morgan fingerprint density at radius 2 is 1.50 bits per heavy atom. The van der Waals surface area contributed by atoms with Crippen molar-refractivity contribution in [3.8, 4) is 5.75 Å². The van der Waals surface area contributed by atoms with Crippen molar-refractivity contribution in [3.63, 3.8) is 0 Å². The van der Waals surface area contributed by atoms with Crippen molar-refractivity contribution in [2.24, 2.45) is 5.73 Å². The van der Waals surface area contributed by atoms with Crippen molar-refractivity contribution >= 4 is 48.9 Å². The third-order valence-corrected chi connectivity index (χ3v) is 4.85. The Labute approximate surface area is 184 Å². The van der Waals surface area contributed by atoms with E-state index in [1.807, 2.05) is 0 Å². The summed E-state index contributed by atoms with van der Waals surface area (Å²) in [5, 5.41) is 25.9. The predicted molar refractivity (Wildman–Crippen MR) is 117 cm³/mol. The molecule has 0 fully saturated rings. The molecule has 0 aromatic heterocycles. The molecule has 12 heteroatoms. The van der Waals surface area contributed by atoms with Crippen LogP contribution in [0.1, 0.15) is 12.5 Å². The normalized spacial score (nSPS) is 14.7. The molecule has 0 aliphatic rings. The Bertz CT molecular complexity index is 762. The third-order valence-electron chi connectivity index (χ3n) is 4.09. The van der Waals surface area contributed by atoms with Crippen molar-refractivity contribution in [2.45, 2.75) is 37.5 Å².